The molecule has 0 aromatic carbocycles. The van der Waals surface area contributed by atoms with Crippen molar-refractivity contribution in [3.05, 3.63) is 51.4 Å². The minimum absolute atomic E-state index is 0.155. The molecule has 0 heterocycles. The quantitative estimate of drug-likeness (QED) is 0.196. The number of nitrogens with zero attached hydrogens (tertiary/aromatic N) is 2. The second-order valence-corrected chi connectivity index (χ2v) is 11.6. The van der Waals surface area contributed by atoms with Gasteiger partial charge in [-0.05, 0) is 0 Å². The Morgan fingerprint density at radius 3 is 0.893 bits per heavy atom. The fourth-order valence-corrected chi connectivity index (χ4v) is 6.95. The molecule has 14 nitrogen and oxygen atoms in total. The molecule has 0 spiro atoms. The van der Waals surface area contributed by atoms with Gasteiger partial charge in [0.2, 0.25) is 0 Å². The fraction of sp³-hybridized carbons (Fsp3) is 0.200. The van der Waals surface area contributed by atoms with Crippen LogP contribution in [0.5, 0.6) is 0 Å². The average Bonchev–Trinajstić information content (AvgIpc) is 2.50. The molecule has 0 fully saturated rings. The molecule has 0 aliphatic heterocycles. The summed E-state index contributed by atoms with van der Waals surface area (Å²) in [5, 5.41) is 0. The molecule has 0 rings (SSSR count). The lowest BCUT2D eigenvalue weighted by molar-refractivity contribution is 0.226. The van der Waals surface area contributed by atoms with Crippen LogP contribution in [0.25, 0.3) is 0 Å². The highest BCUT2D eigenvalue weighted by Crippen LogP contribution is 2.66. The summed E-state index contributed by atoms with van der Waals surface area (Å²) in [5.74, 6) is 0. The first-order valence-corrected chi connectivity index (χ1v) is 12.9. The largest absolute Gasteiger partial charge is 0.468 e. The first-order valence-electron chi connectivity index (χ1n) is 6.77. The van der Waals surface area contributed by atoms with Gasteiger partial charge in [0.15, 0.2) is 0 Å². The molecule has 0 aliphatic rings. The lowest BCUT2D eigenvalue weighted by atomic mass is 10.7. The molecule has 0 aliphatic carbocycles. The summed E-state index contributed by atoms with van der Waals surface area (Å²) in [5.41, 5.74) is 0. The van der Waals surface area contributed by atoms with Gasteiger partial charge in [0.25, 0.3) is 0 Å². The molecule has 4 unspecified atom stereocenters. The Morgan fingerprint density at radius 1 is 0.571 bits per heavy atom. The molecule has 0 saturated heterocycles. The van der Waals surface area contributed by atoms with Gasteiger partial charge in [-0.25, -0.2) is 18.3 Å². The third kappa shape index (κ3) is 7.35. The minimum atomic E-state index is -5.11. The van der Waals surface area contributed by atoms with Crippen molar-refractivity contribution < 1.29 is 55.9 Å². The predicted octanol–water partition coefficient (Wildman–Crippen LogP) is 2.63. The number of hydrogen-bond acceptors (Lipinski definition) is 8. The van der Waals surface area contributed by atoms with Crippen molar-refractivity contribution in [1.29, 1.82) is 0 Å². The van der Waals surface area contributed by atoms with Crippen LogP contribution >= 0.6 is 31.0 Å². The Labute approximate surface area is 160 Å². The van der Waals surface area contributed by atoms with Crippen molar-refractivity contribution in [3.8, 4) is 0 Å². The van der Waals surface area contributed by atoms with E-state index in [1.807, 2.05) is 0 Å². The van der Waals surface area contributed by atoms with Gasteiger partial charge in [0.05, 0.1) is 25.0 Å². The first kappa shape index (κ1) is 26.8. The molecule has 0 radical (unpaired) electrons. The van der Waals surface area contributed by atoms with E-state index in [1.165, 1.54) is 0 Å². The molecule has 4 atom stereocenters. The summed E-state index contributed by atoms with van der Waals surface area (Å²) in [7, 11) is -20.4. The van der Waals surface area contributed by atoms with Gasteiger partial charge in [-0.15, -0.1) is 0 Å². The molecule has 18 heteroatoms. The highest BCUT2D eigenvalue weighted by atomic mass is 31.3. The zero-order valence-corrected chi connectivity index (χ0v) is 17.9. The van der Waals surface area contributed by atoms with Crippen LogP contribution in [-0.4, -0.2) is 41.5 Å². The Kier molecular flexibility index (Phi) is 10.1. The van der Waals surface area contributed by atoms with Crippen LogP contribution in [0, 0.1) is 0 Å². The summed E-state index contributed by atoms with van der Waals surface area (Å²) in [6.07, 6.45) is 1.92. The van der Waals surface area contributed by atoms with E-state index in [9.17, 15) is 37.8 Å². The van der Waals surface area contributed by atoms with Crippen LogP contribution in [-0.2, 0) is 36.4 Å². The van der Waals surface area contributed by atoms with Gasteiger partial charge in [-0.1, -0.05) is 35.2 Å². The summed E-state index contributed by atoms with van der Waals surface area (Å²) in [4.78, 5) is 39.3. The van der Waals surface area contributed by atoms with E-state index in [4.69, 9.17) is 0 Å². The van der Waals surface area contributed by atoms with Crippen molar-refractivity contribution >= 4 is 31.0 Å². The zero-order valence-electron chi connectivity index (χ0n) is 14.3. The lowest BCUT2D eigenvalue weighted by Gasteiger charge is -2.31. The Balaban J connectivity index is 6.06. The maximum atomic E-state index is 12.2. The zero-order chi connectivity index (χ0) is 22.2. The van der Waals surface area contributed by atoms with Crippen molar-refractivity contribution in [2.45, 2.75) is 0 Å². The van der Waals surface area contributed by atoms with Gasteiger partial charge >= 0.3 is 31.0 Å². The minimum Gasteiger partial charge on any atom is -0.421 e. The molecular formula is C10H20N2O12P4. The van der Waals surface area contributed by atoms with Crippen molar-refractivity contribution in [2.75, 3.05) is 13.1 Å². The van der Waals surface area contributed by atoms with E-state index in [1.54, 1.807) is 0 Å². The SMILES string of the molecule is C=COP(=O)(O)N(CCN(P(=O)(O)OC=C)P(=O)(O)OC=C)P(=O)(O)OC=C. The standard InChI is InChI=1S/C10H20N2O12P4/c1-5-21-25(13,14)11(26(15,16)22-6-2)9-10-12(27(17,18)23-7-3)28(19,20)24-8-4/h5-8H,1-4,9-10H2,(H,13,14)(H,15,16)(H,17,18)(H,19,20). The first-order chi connectivity index (χ1) is 12.7. The molecule has 28 heavy (non-hydrogen) atoms. The summed E-state index contributed by atoms with van der Waals surface area (Å²) in [6, 6.07) is 0. The molecule has 0 aromatic rings. The number of hydrogen-bond donors (Lipinski definition) is 4. The summed E-state index contributed by atoms with van der Waals surface area (Å²) < 4.78 is 65.5. The van der Waals surface area contributed by atoms with Crippen molar-refractivity contribution in [3.63, 3.8) is 0 Å². The number of rotatable bonds is 15. The third-order valence-electron chi connectivity index (χ3n) is 2.51. The van der Waals surface area contributed by atoms with Crippen LogP contribution in [0.15, 0.2) is 51.4 Å². The van der Waals surface area contributed by atoms with Gasteiger partial charge in [0.1, 0.15) is 0 Å². The highest BCUT2D eigenvalue weighted by molar-refractivity contribution is 7.66. The highest BCUT2D eigenvalue weighted by Gasteiger charge is 2.50. The van der Waals surface area contributed by atoms with Crippen molar-refractivity contribution in [2.24, 2.45) is 0 Å². The normalized spacial score (nSPS) is 19.8. The second-order valence-electron chi connectivity index (χ2n) is 4.24. The Morgan fingerprint density at radius 2 is 0.750 bits per heavy atom. The van der Waals surface area contributed by atoms with E-state index >= 15 is 0 Å². The van der Waals surface area contributed by atoms with E-state index in [2.05, 4.69) is 44.4 Å². The lowest BCUT2D eigenvalue weighted by Crippen LogP contribution is -2.30. The van der Waals surface area contributed by atoms with Crippen LogP contribution in [0.1, 0.15) is 0 Å². The van der Waals surface area contributed by atoms with E-state index in [-0.39, 0.29) is 8.88 Å². The molecule has 0 aromatic heterocycles. The van der Waals surface area contributed by atoms with Gasteiger partial charge in [-0.3, -0.25) is 0 Å². The summed E-state index contributed by atoms with van der Waals surface area (Å²) >= 11 is 0. The predicted molar refractivity (Wildman–Crippen MR) is 97.8 cm³/mol. The van der Waals surface area contributed by atoms with Gasteiger partial charge in [-0.2, -0.15) is 0 Å². The molecular weight excluding hydrogens is 464 g/mol. The monoisotopic (exact) mass is 484 g/mol. The van der Waals surface area contributed by atoms with Crippen LogP contribution in [0.3, 0.4) is 0 Å². The molecule has 162 valence electrons. The Hall–Kier alpha value is -1.16. The van der Waals surface area contributed by atoms with Crippen LogP contribution in [0.2, 0.25) is 0 Å². The average molecular weight is 484 g/mol. The topological polar surface area (TPSA) is 193 Å². The Bertz CT molecular complexity index is 660. The third-order valence-corrected chi connectivity index (χ3v) is 10.1. The molecule has 4 N–H and O–H groups in total. The van der Waals surface area contributed by atoms with Crippen molar-refractivity contribution in [1.82, 2.24) is 8.88 Å². The molecule has 0 bridgehead atoms. The van der Waals surface area contributed by atoms with Gasteiger partial charge in [0, 0.05) is 13.1 Å². The summed E-state index contributed by atoms with van der Waals surface area (Å²) in [6.45, 7) is 9.87. The maximum absolute atomic E-state index is 12.2. The van der Waals surface area contributed by atoms with Gasteiger partial charge < -0.3 is 37.7 Å². The van der Waals surface area contributed by atoms with Crippen LogP contribution in [0.4, 0.5) is 0 Å². The fourth-order valence-electron chi connectivity index (χ4n) is 1.58. The van der Waals surface area contributed by atoms with E-state index in [0.717, 1.165) is 0 Å². The van der Waals surface area contributed by atoms with E-state index in [0.29, 0.717) is 25.0 Å². The van der Waals surface area contributed by atoms with E-state index < -0.39 is 44.1 Å². The smallest absolute Gasteiger partial charge is 0.421 e. The molecule has 0 amide bonds. The van der Waals surface area contributed by atoms with Crippen LogP contribution < -0.4 is 0 Å². The molecule has 0 saturated carbocycles. The maximum Gasteiger partial charge on any atom is 0.468 e. The second kappa shape index (κ2) is 10.6.